The zero-order chi connectivity index (χ0) is 16.6. The zero-order valence-corrected chi connectivity index (χ0v) is 13.0. The molecular formula is C15H20O8. The molecule has 128 valence electrons. The minimum absolute atomic E-state index is 0.0319. The van der Waals surface area contributed by atoms with E-state index >= 15 is 0 Å². The summed E-state index contributed by atoms with van der Waals surface area (Å²) in [6, 6.07) is 0. The summed E-state index contributed by atoms with van der Waals surface area (Å²) in [7, 11) is 0. The lowest BCUT2D eigenvalue weighted by molar-refractivity contribution is -0.344. The predicted octanol–water partition coefficient (Wildman–Crippen LogP) is 0.0929. The van der Waals surface area contributed by atoms with E-state index in [0.29, 0.717) is 0 Å². The van der Waals surface area contributed by atoms with E-state index in [4.69, 9.17) is 23.7 Å². The van der Waals surface area contributed by atoms with Crippen molar-refractivity contribution in [3.8, 4) is 0 Å². The second-order valence-electron chi connectivity index (χ2n) is 5.68. The predicted molar refractivity (Wildman–Crippen MR) is 73.6 cm³/mol. The molecule has 3 aliphatic rings. The van der Waals surface area contributed by atoms with Crippen molar-refractivity contribution in [3.63, 3.8) is 0 Å². The molecule has 3 saturated heterocycles. The van der Waals surface area contributed by atoms with Gasteiger partial charge in [-0.05, 0) is 13.8 Å². The second kappa shape index (κ2) is 6.10. The Morgan fingerprint density at radius 3 is 2.78 bits per heavy atom. The number of rotatable bonds is 4. The van der Waals surface area contributed by atoms with Gasteiger partial charge in [0, 0.05) is 12.3 Å². The molecule has 0 saturated carbocycles. The van der Waals surface area contributed by atoms with Crippen LogP contribution in [0.1, 0.15) is 20.3 Å². The van der Waals surface area contributed by atoms with Crippen LogP contribution in [0.25, 0.3) is 0 Å². The third-order valence-corrected chi connectivity index (χ3v) is 4.20. The number of carbonyl (C=O) groups excluding carboxylic acids is 2. The van der Waals surface area contributed by atoms with E-state index in [-0.39, 0.29) is 38.1 Å². The Morgan fingerprint density at radius 2 is 2.09 bits per heavy atom. The quantitative estimate of drug-likeness (QED) is 0.572. The van der Waals surface area contributed by atoms with Crippen molar-refractivity contribution < 1.29 is 38.4 Å². The van der Waals surface area contributed by atoms with Crippen molar-refractivity contribution in [1.82, 2.24) is 0 Å². The van der Waals surface area contributed by atoms with Gasteiger partial charge in [0.05, 0.1) is 32.0 Å². The Hall–Kier alpha value is -1.64. The van der Waals surface area contributed by atoms with Crippen LogP contribution in [0.15, 0.2) is 11.8 Å². The average molecular weight is 328 g/mol. The minimum Gasteiger partial charge on any atom is -0.465 e. The molecule has 3 heterocycles. The fourth-order valence-corrected chi connectivity index (χ4v) is 3.29. The summed E-state index contributed by atoms with van der Waals surface area (Å²) in [5.41, 5.74) is 0. The highest BCUT2D eigenvalue weighted by molar-refractivity contribution is 5.85. The highest BCUT2D eigenvalue weighted by Crippen LogP contribution is 2.50. The lowest BCUT2D eigenvalue weighted by Gasteiger charge is -2.47. The maximum atomic E-state index is 12.4. The summed E-state index contributed by atoms with van der Waals surface area (Å²) >= 11 is 0. The SMILES string of the molecule is CCOC(=O)C=C1OC2(O)CC(C3COC2O3)C1C(=O)OCC. The highest BCUT2D eigenvalue weighted by Gasteiger charge is 2.62. The molecule has 0 aromatic heterocycles. The number of esters is 2. The smallest absolute Gasteiger partial charge is 0.334 e. The van der Waals surface area contributed by atoms with Gasteiger partial charge in [0.2, 0.25) is 6.29 Å². The molecule has 1 N–H and O–H groups in total. The van der Waals surface area contributed by atoms with Gasteiger partial charge in [-0.25, -0.2) is 4.79 Å². The van der Waals surface area contributed by atoms with Crippen LogP contribution >= 0.6 is 0 Å². The summed E-state index contributed by atoms with van der Waals surface area (Å²) in [5, 5.41) is 10.6. The van der Waals surface area contributed by atoms with E-state index in [2.05, 4.69) is 0 Å². The van der Waals surface area contributed by atoms with Gasteiger partial charge in [0.25, 0.3) is 5.79 Å². The van der Waals surface area contributed by atoms with Crippen LogP contribution in [-0.2, 0) is 33.3 Å². The molecule has 23 heavy (non-hydrogen) atoms. The van der Waals surface area contributed by atoms with Crippen LogP contribution in [0.2, 0.25) is 0 Å². The standard InChI is InChI=1S/C15H20O8/c1-3-19-11(16)5-9-12(13(17)20-4-2)8-6-15(18,23-9)14-21-7-10(8)22-14/h5,8,10,12,14,18H,3-4,6-7H2,1-2H3. The molecule has 5 atom stereocenters. The number of aliphatic hydroxyl groups is 1. The molecule has 8 heteroatoms. The lowest BCUT2D eigenvalue weighted by atomic mass is 9.77. The molecule has 5 unspecified atom stereocenters. The Labute approximate surface area is 133 Å². The Bertz CT molecular complexity index is 530. The molecule has 0 radical (unpaired) electrons. The van der Waals surface area contributed by atoms with E-state index in [1.807, 2.05) is 0 Å². The van der Waals surface area contributed by atoms with E-state index in [0.717, 1.165) is 6.08 Å². The minimum atomic E-state index is -1.72. The largest absolute Gasteiger partial charge is 0.465 e. The summed E-state index contributed by atoms with van der Waals surface area (Å²) in [5.74, 6) is -4.10. The molecule has 3 rings (SSSR count). The first kappa shape index (κ1) is 16.2. The summed E-state index contributed by atoms with van der Waals surface area (Å²) in [4.78, 5) is 24.1. The highest BCUT2D eigenvalue weighted by atomic mass is 16.8. The number of carbonyl (C=O) groups is 2. The van der Waals surface area contributed by atoms with Gasteiger partial charge in [-0.2, -0.15) is 0 Å². The topological polar surface area (TPSA) is 101 Å². The monoisotopic (exact) mass is 328 g/mol. The van der Waals surface area contributed by atoms with Crippen molar-refractivity contribution in [2.75, 3.05) is 19.8 Å². The van der Waals surface area contributed by atoms with Crippen LogP contribution in [0, 0.1) is 11.8 Å². The Balaban J connectivity index is 1.94. The van der Waals surface area contributed by atoms with Crippen molar-refractivity contribution in [2.45, 2.75) is 38.4 Å². The third-order valence-electron chi connectivity index (χ3n) is 4.20. The molecule has 3 fully saturated rings. The van der Waals surface area contributed by atoms with Gasteiger partial charge in [-0.1, -0.05) is 0 Å². The number of hydrogen-bond donors (Lipinski definition) is 1. The maximum Gasteiger partial charge on any atom is 0.334 e. The van der Waals surface area contributed by atoms with Crippen molar-refractivity contribution in [1.29, 1.82) is 0 Å². The van der Waals surface area contributed by atoms with Crippen molar-refractivity contribution in [2.24, 2.45) is 11.8 Å². The molecular weight excluding hydrogens is 308 g/mol. The fourth-order valence-electron chi connectivity index (χ4n) is 3.29. The normalized spacial score (nSPS) is 39.7. The number of ether oxygens (including phenoxy) is 5. The zero-order valence-electron chi connectivity index (χ0n) is 13.0. The van der Waals surface area contributed by atoms with Gasteiger partial charge in [-0.3, -0.25) is 4.79 Å². The van der Waals surface area contributed by atoms with Gasteiger partial charge >= 0.3 is 11.9 Å². The number of hydrogen-bond acceptors (Lipinski definition) is 8. The van der Waals surface area contributed by atoms with E-state index in [9.17, 15) is 14.7 Å². The maximum absolute atomic E-state index is 12.4. The number of fused-ring (bicyclic) bond motifs is 6. The van der Waals surface area contributed by atoms with Gasteiger partial charge < -0.3 is 28.8 Å². The fraction of sp³-hybridized carbons (Fsp3) is 0.733. The van der Waals surface area contributed by atoms with Crippen LogP contribution in [0.4, 0.5) is 0 Å². The van der Waals surface area contributed by atoms with E-state index in [1.165, 1.54) is 0 Å². The molecule has 0 aromatic rings. The van der Waals surface area contributed by atoms with Crippen LogP contribution in [0.3, 0.4) is 0 Å². The lowest BCUT2D eigenvalue weighted by Crippen LogP contribution is -2.58. The molecule has 0 spiro atoms. The molecule has 8 nitrogen and oxygen atoms in total. The summed E-state index contributed by atoms with van der Waals surface area (Å²) in [6.07, 6.45) is -0.0273. The van der Waals surface area contributed by atoms with Gasteiger partial charge in [-0.15, -0.1) is 0 Å². The Kier molecular flexibility index (Phi) is 4.31. The van der Waals surface area contributed by atoms with Crippen molar-refractivity contribution >= 4 is 11.9 Å². The van der Waals surface area contributed by atoms with Crippen LogP contribution < -0.4 is 0 Å². The molecule has 0 amide bonds. The van der Waals surface area contributed by atoms with Gasteiger partial charge in [0.1, 0.15) is 11.7 Å². The first-order valence-electron chi connectivity index (χ1n) is 7.72. The first-order valence-corrected chi connectivity index (χ1v) is 7.72. The first-order chi connectivity index (χ1) is 11.0. The summed E-state index contributed by atoms with van der Waals surface area (Å²) < 4.78 is 26.5. The van der Waals surface area contributed by atoms with Crippen molar-refractivity contribution in [3.05, 3.63) is 11.8 Å². The average Bonchev–Trinajstić information content (AvgIpc) is 2.93. The molecule has 3 aliphatic heterocycles. The summed E-state index contributed by atoms with van der Waals surface area (Å²) in [6.45, 7) is 4.01. The molecule has 4 bridgehead atoms. The van der Waals surface area contributed by atoms with Crippen LogP contribution in [0.5, 0.6) is 0 Å². The Morgan fingerprint density at radius 1 is 1.35 bits per heavy atom. The second-order valence-corrected chi connectivity index (χ2v) is 5.68. The van der Waals surface area contributed by atoms with Crippen LogP contribution in [-0.4, -0.2) is 55.0 Å². The molecule has 0 aliphatic carbocycles. The van der Waals surface area contributed by atoms with Gasteiger partial charge in [0.15, 0.2) is 0 Å². The third kappa shape index (κ3) is 2.82. The molecule has 0 aromatic carbocycles. The van der Waals surface area contributed by atoms with E-state index < -0.39 is 35.9 Å². The van der Waals surface area contributed by atoms with E-state index in [1.54, 1.807) is 13.8 Å².